The number of aromatic nitrogens is 1. The van der Waals surface area contributed by atoms with Gasteiger partial charge in [-0.1, -0.05) is 0 Å². The van der Waals surface area contributed by atoms with Gasteiger partial charge in [0.2, 0.25) is 5.91 Å². The van der Waals surface area contributed by atoms with Gasteiger partial charge < -0.3 is 19.4 Å². The third-order valence-electron chi connectivity index (χ3n) is 5.86. The highest BCUT2D eigenvalue weighted by molar-refractivity contribution is 5.73. The number of carbonyl (C=O) groups is 1. The van der Waals surface area contributed by atoms with Crippen molar-refractivity contribution in [2.45, 2.75) is 32.9 Å². The summed E-state index contributed by atoms with van der Waals surface area (Å²) in [6.07, 6.45) is 1.96. The minimum atomic E-state index is 0.156. The van der Waals surface area contributed by atoms with Gasteiger partial charge in [0.15, 0.2) is 11.6 Å². The quantitative estimate of drug-likeness (QED) is 0.787. The van der Waals surface area contributed by atoms with Crippen LogP contribution in [-0.2, 0) is 4.79 Å². The van der Waals surface area contributed by atoms with Gasteiger partial charge in [-0.25, -0.2) is 4.98 Å². The van der Waals surface area contributed by atoms with Crippen LogP contribution in [0.25, 0.3) is 0 Å². The molecule has 0 aliphatic carbocycles. The minimum Gasteiger partial charge on any atom is -0.487 e. The Hall–Kier alpha value is -2.02. The number of anilines is 2. The van der Waals surface area contributed by atoms with Crippen molar-refractivity contribution in [3.05, 3.63) is 12.3 Å². The normalized spacial score (nSPS) is 23.5. The van der Waals surface area contributed by atoms with Crippen molar-refractivity contribution in [3.63, 3.8) is 0 Å². The topological polar surface area (TPSA) is 52.2 Å². The average Bonchev–Trinajstić information content (AvgIpc) is 2.67. The lowest BCUT2D eigenvalue weighted by molar-refractivity contribution is -0.129. The molecule has 0 spiro atoms. The van der Waals surface area contributed by atoms with Gasteiger partial charge in [-0.3, -0.25) is 9.69 Å². The predicted octanol–water partition coefficient (Wildman–Crippen LogP) is 1.04. The average molecular weight is 359 g/mol. The Morgan fingerprint density at radius 3 is 2.65 bits per heavy atom. The summed E-state index contributed by atoms with van der Waals surface area (Å²) in [5.41, 5.74) is 1.09. The standard InChI is InChI=1S/C19H29N5O2/c1-14(2)23-8-9-24-17(12-23)13-26-18-10-16(11-20-19(18)24)22-6-4-21(5-7-22)15(3)25/h10-11,14,17H,4-9,12-13H2,1-3H3/t17-/m1/s1. The summed E-state index contributed by atoms with van der Waals surface area (Å²) in [5.74, 6) is 2.03. The summed E-state index contributed by atoms with van der Waals surface area (Å²) in [6.45, 7) is 13.2. The van der Waals surface area contributed by atoms with Crippen LogP contribution in [0.3, 0.4) is 0 Å². The lowest BCUT2D eigenvalue weighted by atomic mass is 10.1. The summed E-state index contributed by atoms with van der Waals surface area (Å²) in [5, 5.41) is 0. The Balaban J connectivity index is 1.47. The molecule has 4 rings (SSSR count). The Morgan fingerprint density at radius 1 is 1.19 bits per heavy atom. The number of pyridine rings is 1. The molecule has 0 bridgehead atoms. The first-order chi connectivity index (χ1) is 12.5. The molecule has 142 valence electrons. The summed E-state index contributed by atoms with van der Waals surface area (Å²) < 4.78 is 6.09. The fourth-order valence-corrected chi connectivity index (χ4v) is 4.16. The van der Waals surface area contributed by atoms with E-state index in [1.807, 2.05) is 11.1 Å². The van der Waals surface area contributed by atoms with Crippen LogP contribution in [0.2, 0.25) is 0 Å². The van der Waals surface area contributed by atoms with Crippen LogP contribution in [0.5, 0.6) is 5.75 Å². The number of piperazine rings is 2. The second-order valence-corrected chi connectivity index (χ2v) is 7.76. The Labute approximate surface area is 155 Å². The molecule has 0 saturated carbocycles. The molecule has 3 aliphatic rings. The largest absolute Gasteiger partial charge is 0.487 e. The molecule has 0 unspecified atom stereocenters. The predicted molar refractivity (Wildman–Crippen MR) is 102 cm³/mol. The Morgan fingerprint density at radius 2 is 1.96 bits per heavy atom. The van der Waals surface area contributed by atoms with E-state index in [-0.39, 0.29) is 5.91 Å². The SMILES string of the molecule is CC(=O)N1CCN(c2cnc3c(c2)OC[C@H]2CN(C(C)C)CCN32)CC1. The zero-order valence-corrected chi connectivity index (χ0v) is 16.0. The molecule has 1 atom stereocenters. The van der Waals surface area contributed by atoms with Crippen molar-refractivity contribution in [1.82, 2.24) is 14.8 Å². The molecule has 1 aromatic rings. The number of hydrogen-bond donors (Lipinski definition) is 0. The molecular formula is C19H29N5O2. The number of ether oxygens (including phenoxy) is 1. The van der Waals surface area contributed by atoms with Crippen LogP contribution in [0, 0.1) is 0 Å². The third kappa shape index (κ3) is 3.20. The fourth-order valence-electron chi connectivity index (χ4n) is 4.16. The maximum absolute atomic E-state index is 11.5. The second-order valence-electron chi connectivity index (χ2n) is 7.76. The smallest absolute Gasteiger partial charge is 0.219 e. The Bertz CT molecular complexity index is 672. The molecule has 4 heterocycles. The number of fused-ring (bicyclic) bond motifs is 3. The first kappa shape index (κ1) is 17.4. The van der Waals surface area contributed by atoms with Gasteiger partial charge in [-0.2, -0.15) is 0 Å². The molecule has 2 fully saturated rings. The van der Waals surface area contributed by atoms with Crippen molar-refractivity contribution in [1.29, 1.82) is 0 Å². The number of hydrogen-bond acceptors (Lipinski definition) is 6. The number of amides is 1. The maximum atomic E-state index is 11.5. The Kier molecular flexibility index (Phi) is 4.65. The number of rotatable bonds is 2. The van der Waals surface area contributed by atoms with Crippen LogP contribution in [-0.4, -0.2) is 85.2 Å². The maximum Gasteiger partial charge on any atom is 0.219 e. The van der Waals surface area contributed by atoms with Gasteiger partial charge >= 0.3 is 0 Å². The second kappa shape index (κ2) is 6.95. The third-order valence-corrected chi connectivity index (χ3v) is 5.86. The van der Waals surface area contributed by atoms with Crippen LogP contribution in [0.4, 0.5) is 11.5 Å². The van der Waals surface area contributed by atoms with Crippen LogP contribution >= 0.6 is 0 Å². The van der Waals surface area contributed by atoms with E-state index in [9.17, 15) is 4.79 Å². The molecule has 0 aromatic carbocycles. The summed E-state index contributed by atoms with van der Waals surface area (Å²) in [7, 11) is 0. The summed E-state index contributed by atoms with van der Waals surface area (Å²) in [6, 6.07) is 3.08. The van der Waals surface area contributed by atoms with Gasteiger partial charge in [-0.05, 0) is 13.8 Å². The zero-order valence-electron chi connectivity index (χ0n) is 16.0. The fraction of sp³-hybridized carbons (Fsp3) is 0.684. The highest BCUT2D eigenvalue weighted by atomic mass is 16.5. The molecule has 0 radical (unpaired) electrons. The zero-order chi connectivity index (χ0) is 18.3. The molecule has 26 heavy (non-hydrogen) atoms. The lowest BCUT2D eigenvalue weighted by Crippen LogP contribution is -2.58. The van der Waals surface area contributed by atoms with Crippen molar-refractivity contribution >= 4 is 17.4 Å². The molecule has 7 heteroatoms. The summed E-state index contributed by atoms with van der Waals surface area (Å²) >= 11 is 0. The van der Waals surface area contributed by atoms with Crippen LogP contribution in [0.15, 0.2) is 12.3 Å². The monoisotopic (exact) mass is 359 g/mol. The van der Waals surface area contributed by atoms with E-state index in [1.165, 1.54) is 0 Å². The van der Waals surface area contributed by atoms with Gasteiger partial charge in [0.05, 0.1) is 17.9 Å². The van der Waals surface area contributed by atoms with E-state index in [0.29, 0.717) is 12.1 Å². The van der Waals surface area contributed by atoms with Gasteiger partial charge in [0.1, 0.15) is 6.61 Å². The minimum absolute atomic E-state index is 0.156. The lowest BCUT2D eigenvalue weighted by Gasteiger charge is -2.46. The molecule has 2 saturated heterocycles. The van der Waals surface area contributed by atoms with E-state index in [1.54, 1.807) is 6.92 Å². The molecule has 3 aliphatic heterocycles. The number of carbonyl (C=O) groups excluding carboxylic acids is 1. The van der Waals surface area contributed by atoms with Crippen LogP contribution in [0.1, 0.15) is 20.8 Å². The molecule has 1 aromatic heterocycles. The van der Waals surface area contributed by atoms with Crippen molar-refractivity contribution in [2.75, 3.05) is 62.2 Å². The molecule has 1 amide bonds. The van der Waals surface area contributed by atoms with E-state index in [4.69, 9.17) is 9.72 Å². The van der Waals surface area contributed by atoms with Gasteiger partial charge in [0.25, 0.3) is 0 Å². The number of nitrogens with zero attached hydrogens (tertiary/aromatic N) is 5. The van der Waals surface area contributed by atoms with E-state index < -0.39 is 0 Å². The van der Waals surface area contributed by atoms with Crippen LogP contribution < -0.4 is 14.5 Å². The summed E-state index contributed by atoms with van der Waals surface area (Å²) in [4.78, 5) is 25.4. The van der Waals surface area contributed by atoms with Crippen molar-refractivity contribution in [3.8, 4) is 5.75 Å². The highest BCUT2D eigenvalue weighted by Gasteiger charge is 2.35. The van der Waals surface area contributed by atoms with Gasteiger partial charge in [-0.15, -0.1) is 0 Å². The molecular weight excluding hydrogens is 330 g/mol. The molecule has 7 nitrogen and oxygen atoms in total. The van der Waals surface area contributed by atoms with E-state index in [0.717, 1.165) is 69.7 Å². The van der Waals surface area contributed by atoms with E-state index >= 15 is 0 Å². The van der Waals surface area contributed by atoms with Crippen molar-refractivity contribution in [2.24, 2.45) is 0 Å². The molecule has 0 N–H and O–H groups in total. The first-order valence-corrected chi connectivity index (χ1v) is 9.67. The van der Waals surface area contributed by atoms with Crippen molar-refractivity contribution < 1.29 is 9.53 Å². The van der Waals surface area contributed by atoms with E-state index in [2.05, 4.69) is 34.6 Å². The first-order valence-electron chi connectivity index (χ1n) is 9.67. The van der Waals surface area contributed by atoms with Gasteiger partial charge in [0, 0.05) is 64.8 Å². The highest BCUT2D eigenvalue weighted by Crippen LogP contribution is 2.36.